The Labute approximate surface area is 132 Å². The van der Waals surface area contributed by atoms with E-state index in [4.69, 9.17) is 0 Å². The molecule has 22 heavy (non-hydrogen) atoms. The summed E-state index contributed by atoms with van der Waals surface area (Å²) in [5, 5.41) is 2.69. The molecule has 0 saturated heterocycles. The molecule has 1 aliphatic carbocycles. The van der Waals surface area contributed by atoms with Crippen molar-refractivity contribution < 1.29 is 13.2 Å². The van der Waals surface area contributed by atoms with Crippen LogP contribution in [0.25, 0.3) is 0 Å². The molecule has 0 aliphatic heterocycles. The predicted molar refractivity (Wildman–Crippen MR) is 86.2 cm³/mol. The summed E-state index contributed by atoms with van der Waals surface area (Å²) in [6.07, 6.45) is 5.79. The highest BCUT2D eigenvalue weighted by molar-refractivity contribution is 7.89. The summed E-state index contributed by atoms with van der Waals surface area (Å²) in [5.74, 6) is -0.0605. The van der Waals surface area contributed by atoms with E-state index in [1.807, 2.05) is 12.1 Å². The smallest absolute Gasteiger partial charge is 0.240 e. The van der Waals surface area contributed by atoms with E-state index in [0.717, 1.165) is 25.7 Å². The molecule has 1 aliphatic rings. The molecule has 1 aromatic carbocycles. The van der Waals surface area contributed by atoms with Crippen LogP contribution in [0.4, 0.5) is 0 Å². The maximum atomic E-state index is 12.3. The summed E-state index contributed by atoms with van der Waals surface area (Å²) in [7, 11) is -3.43. The number of fused-ring (bicyclic) bond motifs is 1. The van der Waals surface area contributed by atoms with Gasteiger partial charge in [-0.15, -0.1) is 0 Å². The van der Waals surface area contributed by atoms with Crippen LogP contribution in [0.15, 0.2) is 23.1 Å². The van der Waals surface area contributed by atoms with Gasteiger partial charge < -0.3 is 5.32 Å². The van der Waals surface area contributed by atoms with E-state index < -0.39 is 10.0 Å². The van der Waals surface area contributed by atoms with Gasteiger partial charge in [-0.3, -0.25) is 4.79 Å². The second-order valence-corrected chi connectivity index (χ2v) is 7.49. The minimum atomic E-state index is -3.43. The van der Waals surface area contributed by atoms with Gasteiger partial charge in [-0.05, 0) is 61.8 Å². The van der Waals surface area contributed by atoms with Crippen LogP contribution in [0.5, 0.6) is 0 Å². The van der Waals surface area contributed by atoms with Gasteiger partial charge in [0.05, 0.1) is 4.90 Å². The van der Waals surface area contributed by atoms with E-state index in [1.54, 1.807) is 6.07 Å². The van der Waals surface area contributed by atoms with Crippen molar-refractivity contribution in [3.8, 4) is 0 Å². The maximum Gasteiger partial charge on any atom is 0.240 e. The van der Waals surface area contributed by atoms with Crippen LogP contribution in [0, 0.1) is 0 Å². The summed E-state index contributed by atoms with van der Waals surface area (Å²) in [6.45, 7) is 2.44. The first kappa shape index (κ1) is 17.0. The number of aryl methyl sites for hydroxylation is 2. The van der Waals surface area contributed by atoms with Gasteiger partial charge in [0.1, 0.15) is 0 Å². The highest BCUT2D eigenvalue weighted by Crippen LogP contribution is 2.23. The molecule has 0 bridgehead atoms. The summed E-state index contributed by atoms with van der Waals surface area (Å²) < 4.78 is 27.2. The van der Waals surface area contributed by atoms with Gasteiger partial charge in [-0.1, -0.05) is 6.07 Å². The molecule has 0 aromatic heterocycles. The fourth-order valence-electron chi connectivity index (χ4n) is 2.68. The molecule has 1 amide bonds. The zero-order chi connectivity index (χ0) is 16.0. The van der Waals surface area contributed by atoms with Crippen LogP contribution in [-0.4, -0.2) is 27.4 Å². The standard InChI is InChI=1S/C16H24N2O3S/c1-13(19)17-10-4-5-11-18-22(20,21)16-9-8-14-6-2-3-7-15(14)12-16/h8-9,12,18H,2-7,10-11H2,1H3,(H,17,19). The lowest BCUT2D eigenvalue weighted by Gasteiger charge is -2.16. The Hall–Kier alpha value is -1.40. The van der Waals surface area contributed by atoms with Crippen molar-refractivity contribution in [1.82, 2.24) is 10.0 Å². The highest BCUT2D eigenvalue weighted by Gasteiger charge is 2.17. The molecular formula is C16H24N2O3S. The van der Waals surface area contributed by atoms with Crippen molar-refractivity contribution in [1.29, 1.82) is 0 Å². The molecule has 0 saturated carbocycles. The lowest BCUT2D eigenvalue weighted by atomic mass is 9.92. The first-order valence-corrected chi connectivity index (χ1v) is 9.33. The average molecular weight is 324 g/mol. The Kier molecular flexibility index (Phi) is 5.97. The zero-order valence-electron chi connectivity index (χ0n) is 13.0. The second-order valence-electron chi connectivity index (χ2n) is 5.73. The third kappa shape index (κ3) is 4.81. The van der Waals surface area contributed by atoms with Gasteiger partial charge in [0.25, 0.3) is 0 Å². The molecule has 0 radical (unpaired) electrons. The van der Waals surface area contributed by atoms with E-state index in [2.05, 4.69) is 10.0 Å². The van der Waals surface area contributed by atoms with Crippen LogP contribution >= 0.6 is 0 Å². The van der Waals surface area contributed by atoms with Crippen LogP contribution in [-0.2, 0) is 27.7 Å². The Morgan fingerprint density at radius 2 is 1.77 bits per heavy atom. The Bertz CT molecular complexity index is 626. The first-order valence-electron chi connectivity index (χ1n) is 7.85. The Morgan fingerprint density at radius 3 is 2.50 bits per heavy atom. The Morgan fingerprint density at radius 1 is 1.09 bits per heavy atom. The molecule has 5 nitrogen and oxygen atoms in total. The number of hydrogen-bond acceptors (Lipinski definition) is 3. The van der Waals surface area contributed by atoms with Gasteiger partial charge >= 0.3 is 0 Å². The number of hydrogen-bond donors (Lipinski definition) is 2. The predicted octanol–water partition coefficient (Wildman–Crippen LogP) is 1.76. The molecular weight excluding hydrogens is 300 g/mol. The molecule has 0 fully saturated rings. The first-order chi connectivity index (χ1) is 10.5. The normalized spacial score (nSPS) is 14.4. The molecule has 1 aromatic rings. The van der Waals surface area contributed by atoms with E-state index in [-0.39, 0.29) is 5.91 Å². The van der Waals surface area contributed by atoms with Crippen molar-refractivity contribution in [2.75, 3.05) is 13.1 Å². The summed E-state index contributed by atoms with van der Waals surface area (Å²) in [4.78, 5) is 11.1. The summed E-state index contributed by atoms with van der Waals surface area (Å²) >= 11 is 0. The third-order valence-corrected chi connectivity index (χ3v) is 5.36. The number of sulfonamides is 1. The van der Waals surface area contributed by atoms with Crippen LogP contribution in [0.1, 0.15) is 43.7 Å². The van der Waals surface area contributed by atoms with Crippen molar-refractivity contribution in [3.63, 3.8) is 0 Å². The molecule has 2 N–H and O–H groups in total. The minimum Gasteiger partial charge on any atom is -0.356 e. The maximum absolute atomic E-state index is 12.3. The van der Waals surface area contributed by atoms with E-state index in [1.165, 1.54) is 24.5 Å². The second kappa shape index (κ2) is 7.74. The summed E-state index contributed by atoms with van der Waals surface area (Å²) in [5.41, 5.74) is 2.44. The van der Waals surface area contributed by atoms with Crippen molar-refractivity contribution in [2.45, 2.75) is 50.3 Å². The topological polar surface area (TPSA) is 75.3 Å². The number of unbranched alkanes of at least 4 members (excludes halogenated alkanes) is 1. The molecule has 0 heterocycles. The molecule has 0 atom stereocenters. The van der Waals surface area contributed by atoms with Gasteiger partial charge in [-0.2, -0.15) is 0 Å². The largest absolute Gasteiger partial charge is 0.356 e. The average Bonchev–Trinajstić information content (AvgIpc) is 2.50. The van der Waals surface area contributed by atoms with Crippen LogP contribution < -0.4 is 10.0 Å². The summed E-state index contributed by atoms with van der Waals surface area (Å²) in [6, 6.07) is 5.46. The number of nitrogens with one attached hydrogen (secondary N) is 2. The minimum absolute atomic E-state index is 0.0605. The van der Waals surface area contributed by atoms with Crippen molar-refractivity contribution in [3.05, 3.63) is 29.3 Å². The van der Waals surface area contributed by atoms with Crippen molar-refractivity contribution >= 4 is 15.9 Å². The number of benzene rings is 1. The van der Waals surface area contributed by atoms with Gasteiger partial charge in [0, 0.05) is 20.0 Å². The number of carbonyl (C=O) groups excluding carboxylic acids is 1. The number of amides is 1. The van der Waals surface area contributed by atoms with Gasteiger partial charge in [-0.25, -0.2) is 13.1 Å². The lowest BCUT2D eigenvalue weighted by Crippen LogP contribution is -2.26. The molecule has 0 unspecified atom stereocenters. The van der Waals surface area contributed by atoms with Crippen LogP contribution in [0.3, 0.4) is 0 Å². The number of carbonyl (C=O) groups is 1. The van der Waals surface area contributed by atoms with E-state index in [0.29, 0.717) is 24.4 Å². The fraction of sp³-hybridized carbons (Fsp3) is 0.562. The monoisotopic (exact) mass is 324 g/mol. The zero-order valence-corrected chi connectivity index (χ0v) is 13.8. The van der Waals surface area contributed by atoms with Gasteiger partial charge in [0.2, 0.25) is 15.9 Å². The van der Waals surface area contributed by atoms with Crippen molar-refractivity contribution in [2.24, 2.45) is 0 Å². The van der Waals surface area contributed by atoms with Gasteiger partial charge in [0.15, 0.2) is 0 Å². The molecule has 0 spiro atoms. The SMILES string of the molecule is CC(=O)NCCCCNS(=O)(=O)c1ccc2c(c1)CCCC2. The lowest BCUT2D eigenvalue weighted by molar-refractivity contribution is -0.118. The number of rotatable bonds is 7. The van der Waals surface area contributed by atoms with E-state index >= 15 is 0 Å². The molecule has 122 valence electrons. The highest BCUT2D eigenvalue weighted by atomic mass is 32.2. The van der Waals surface area contributed by atoms with Crippen LogP contribution in [0.2, 0.25) is 0 Å². The molecule has 2 rings (SSSR count). The third-order valence-electron chi connectivity index (χ3n) is 3.90. The fourth-order valence-corrected chi connectivity index (χ4v) is 3.81. The Balaban J connectivity index is 1.86. The molecule has 6 heteroatoms. The van der Waals surface area contributed by atoms with E-state index in [9.17, 15) is 13.2 Å². The quantitative estimate of drug-likeness (QED) is 0.751.